The molecular weight excluding hydrogens is 284 g/mol. The third-order valence-corrected chi connectivity index (χ3v) is 3.53. The number of rotatable bonds is 3. The molecule has 0 saturated carbocycles. The number of amides is 1. The number of aromatic nitrogens is 2. The van der Waals surface area contributed by atoms with E-state index in [1.165, 1.54) is 0 Å². The minimum atomic E-state index is -0.190. The highest BCUT2D eigenvalue weighted by atomic mass is 32.1. The van der Waals surface area contributed by atoms with Crippen molar-refractivity contribution in [2.75, 3.05) is 11.9 Å². The van der Waals surface area contributed by atoms with E-state index in [1.54, 1.807) is 0 Å². The first-order valence-electron chi connectivity index (χ1n) is 6.57. The van der Waals surface area contributed by atoms with Crippen LogP contribution in [-0.2, 0) is 6.42 Å². The predicted molar refractivity (Wildman–Crippen MR) is 84.4 cm³/mol. The van der Waals surface area contributed by atoms with Gasteiger partial charge >= 0.3 is 0 Å². The van der Waals surface area contributed by atoms with Crippen LogP contribution in [0.1, 0.15) is 33.4 Å². The molecule has 0 radical (unpaired) electrons. The summed E-state index contributed by atoms with van der Waals surface area (Å²) in [6, 6.07) is 5.67. The maximum absolute atomic E-state index is 12.3. The molecule has 21 heavy (non-hydrogen) atoms. The molecule has 0 fully saturated rings. The van der Waals surface area contributed by atoms with Crippen LogP contribution in [0, 0.1) is 18.8 Å². The molecule has 1 amide bonds. The molecule has 1 heterocycles. The van der Waals surface area contributed by atoms with Gasteiger partial charge in [0, 0.05) is 11.3 Å². The third-order valence-electron chi connectivity index (χ3n) is 2.77. The van der Waals surface area contributed by atoms with Gasteiger partial charge in [0.25, 0.3) is 5.91 Å². The van der Waals surface area contributed by atoms with E-state index in [0.717, 1.165) is 22.7 Å². The smallest absolute Gasteiger partial charge is 0.269 e. The fourth-order valence-electron chi connectivity index (χ4n) is 1.88. The van der Waals surface area contributed by atoms with Gasteiger partial charge in [0.15, 0.2) is 0 Å². The Kier molecular flexibility index (Phi) is 5.04. The van der Waals surface area contributed by atoms with Crippen LogP contribution in [0.2, 0.25) is 0 Å². The van der Waals surface area contributed by atoms with Gasteiger partial charge in [-0.2, -0.15) is 0 Å². The number of carbonyl (C=O) groups is 1. The van der Waals surface area contributed by atoms with Crippen molar-refractivity contribution in [2.24, 2.45) is 5.73 Å². The van der Waals surface area contributed by atoms with Gasteiger partial charge in [-0.3, -0.25) is 4.79 Å². The lowest BCUT2D eigenvalue weighted by molar-refractivity contribution is 0.102. The maximum Gasteiger partial charge on any atom is 0.269 e. The summed E-state index contributed by atoms with van der Waals surface area (Å²) in [6.07, 6.45) is 0.681. The summed E-state index contributed by atoms with van der Waals surface area (Å²) >= 11 is 1.11. The van der Waals surface area contributed by atoms with Crippen LogP contribution in [0.15, 0.2) is 18.2 Å². The van der Waals surface area contributed by atoms with Gasteiger partial charge in [0.2, 0.25) is 0 Å². The average molecular weight is 300 g/mol. The first-order chi connectivity index (χ1) is 10.1. The predicted octanol–water partition coefficient (Wildman–Crippen LogP) is 1.97. The van der Waals surface area contributed by atoms with Gasteiger partial charge in [-0.25, -0.2) is 0 Å². The molecule has 0 bridgehead atoms. The standard InChI is InChI=1S/C15H16N4OS/c1-3-13-14(21-19-18-13)15(20)17-12-8-10(2)7-11(9-12)5-4-6-16/h7-9H,3,6,16H2,1-2H3,(H,17,20). The van der Waals surface area contributed by atoms with Crippen LogP contribution in [0.3, 0.4) is 0 Å². The Morgan fingerprint density at radius 3 is 2.95 bits per heavy atom. The number of nitrogens with one attached hydrogen (secondary N) is 1. The minimum absolute atomic E-state index is 0.190. The molecule has 0 aliphatic carbocycles. The van der Waals surface area contributed by atoms with Crippen LogP contribution in [0.4, 0.5) is 5.69 Å². The minimum Gasteiger partial charge on any atom is -0.321 e. The third kappa shape index (κ3) is 3.88. The van der Waals surface area contributed by atoms with Crippen LogP contribution < -0.4 is 11.1 Å². The summed E-state index contributed by atoms with van der Waals surface area (Å²) in [7, 11) is 0. The lowest BCUT2D eigenvalue weighted by atomic mass is 10.1. The normalized spacial score (nSPS) is 9.86. The van der Waals surface area contributed by atoms with Crippen molar-refractivity contribution < 1.29 is 4.79 Å². The lowest BCUT2D eigenvalue weighted by Gasteiger charge is -2.06. The molecule has 108 valence electrons. The average Bonchev–Trinajstić information content (AvgIpc) is 2.93. The first kappa shape index (κ1) is 15.2. The first-order valence-corrected chi connectivity index (χ1v) is 7.34. The van der Waals surface area contributed by atoms with E-state index in [9.17, 15) is 4.79 Å². The molecule has 6 heteroatoms. The van der Waals surface area contributed by atoms with E-state index in [-0.39, 0.29) is 5.91 Å². The van der Waals surface area contributed by atoms with Crippen LogP contribution >= 0.6 is 11.5 Å². The monoisotopic (exact) mass is 300 g/mol. The number of benzene rings is 1. The molecule has 0 unspecified atom stereocenters. The summed E-state index contributed by atoms with van der Waals surface area (Å²) in [5.41, 5.74) is 8.64. The zero-order chi connectivity index (χ0) is 15.2. The van der Waals surface area contributed by atoms with E-state index in [2.05, 4.69) is 26.7 Å². The molecular formula is C15H16N4OS. The van der Waals surface area contributed by atoms with Crippen molar-refractivity contribution >= 4 is 23.1 Å². The van der Waals surface area contributed by atoms with E-state index >= 15 is 0 Å². The fourth-order valence-corrected chi connectivity index (χ4v) is 2.53. The summed E-state index contributed by atoms with van der Waals surface area (Å²) in [6.45, 7) is 4.21. The highest BCUT2D eigenvalue weighted by Crippen LogP contribution is 2.17. The molecule has 0 aliphatic rings. The summed E-state index contributed by atoms with van der Waals surface area (Å²) in [5, 5.41) is 6.81. The van der Waals surface area contributed by atoms with Crippen molar-refractivity contribution in [2.45, 2.75) is 20.3 Å². The quantitative estimate of drug-likeness (QED) is 0.849. The second-order valence-electron chi connectivity index (χ2n) is 4.45. The van der Waals surface area contributed by atoms with Crippen LogP contribution in [0.5, 0.6) is 0 Å². The summed E-state index contributed by atoms with van der Waals surface area (Å²) in [5.74, 6) is 5.58. The molecule has 2 rings (SSSR count). The molecule has 3 N–H and O–H groups in total. The number of nitrogens with zero attached hydrogens (tertiary/aromatic N) is 2. The largest absolute Gasteiger partial charge is 0.321 e. The van der Waals surface area contributed by atoms with Gasteiger partial charge in [0.1, 0.15) is 4.88 Å². The van der Waals surface area contributed by atoms with E-state index in [1.807, 2.05) is 32.0 Å². The van der Waals surface area contributed by atoms with E-state index < -0.39 is 0 Å². The molecule has 1 aromatic carbocycles. The van der Waals surface area contributed by atoms with Crippen molar-refractivity contribution in [3.63, 3.8) is 0 Å². The number of anilines is 1. The highest BCUT2D eigenvalue weighted by molar-refractivity contribution is 7.08. The van der Waals surface area contributed by atoms with Crippen molar-refractivity contribution in [3.05, 3.63) is 39.9 Å². The van der Waals surface area contributed by atoms with E-state index in [0.29, 0.717) is 29.2 Å². The Bertz CT molecular complexity index is 712. The number of carbonyl (C=O) groups excluding carboxylic acids is 1. The lowest BCUT2D eigenvalue weighted by Crippen LogP contribution is -2.12. The van der Waals surface area contributed by atoms with Gasteiger partial charge < -0.3 is 11.1 Å². The Morgan fingerprint density at radius 1 is 1.43 bits per heavy atom. The number of hydrogen-bond acceptors (Lipinski definition) is 5. The molecule has 0 spiro atoms. The van der Waals surface area contributed by atoms with Crippen molar-refractivity contribution in [1.82, 2.24) is 9.59 Å². The maximum atomic E-state index is 12.3. The summed E-state index contributed by atoms with van der Waals surface area (Å²) < 4.78 is 3.83. The zero-order valence-corrected chi connectivity index (χ0v) is 12.8. The second kappa shape index (κ2) is 6.97. The SMILES string of the molecule is CCc1nnsc1C(=O)Nc1cc(C)cc(C#CCN)c1. The van der Waals surface area contributed by atoms with Gasteiger partial charge in [-0.15, -0.1) is 5.10 Å². The topological polar surface area (TPSA) is 80.9 Å². The van der Waals surface area contributed by atoms with Crippen molar-refractivity contribution in [1.29, 1.82) is 0 Å². The Hall–Kier alpha value is -2.23. The number of aryl methyl sites for hydroxylation is 2. The molecule has 5 nitrogen and oxygen atoms in total. The molecule has 1 aromatic heterocycles. The highest BCUT2D eigenvalue weighted by Gasteiger charge is 2.15. The molecule has 0 saturated heterocycles. The van der Waals surface area contributed by atoms with E-state index in [4.69, 9.17) is 5.73 Å². The van der Waals surface area contributed by atoms with Crippen LogP contribution in [0.25, 0.3) is 0 Å². The van der Waals surface area contributed by atoms with Gasteiger partial charge in [-0.1, -0.05) is 23.3 Å². The molecule has 0 aliphatic heterocycles. The van der Waals surface area contributed by atoms with Crippen LogP contribution in [-0.4, -0.2) is 22.0 Å². The van der Waals surface area contributed by atoms with Crippen molar-refractivity contribution in [3.8, 4) is 11.8 Å². The fraction of sp³-hybridized carbons (Fsp3) is 0.267. The Balaban J connectivity index is 2.23. The van der Waals surface area contributed by atoms with Gasteiger partial charge in [0.05, 0.1) is 12.2 Å². The molecule has 0 atom stereocenters. The summed E-state index contributed by atoms with van der Waals surface area (Å²) in [4.78, 5) is 12.8. The molecule has 2 aromatic rings. The zero-order valence-electron chi connectivity index (χ0n) is 11.9. The Morgan fingerprint density at radius 2 is 2.24 bits per heavy atom. The van der Waals surface area contributed by atoms with Gasteiger partial charge in [-0.05, 0) is 48.6 Å². The Labute approximate surface area is 127 Å². The second-order valence-corrected chi connectivity index (χ2v) is 5.20. The number of hydrogen-bond donors (Lipinski definition) is 2. The number of nitrogens with two attached hydrogens (primary N) is 1.